The van der Waals surface area contributed by atoms with Gasteiger partial charge in [0.15, 0.2) is 0 Å². The number of thiophene rings is 2. The minimum Gasteiger partial charge on any atom is -0.342 e. The summed E-state index contributed by atoms with van der Waals surface area (Å²) in [7, 11) is 0. The Morgan fingerprint density at radius 3 is 2.48 bits per heavy atom. The first-order valence-electron chi connectivity index (χ1n) is 8.48. The molecule has 0 radical (unpaired) electrons. The Labute approximate surface area is 159 Å². The molecule has 2 aliphatic heterocycles. The van der Waals surface area contributed by atoms with Gasteiger partial charge in [-0.2, -0.15) is 0 Å². The molecule has 4 rings (SSSR count). The Bertz CT molecular complexity index is 734. The molecule has 0 aliphatic carbocycles. The van der Waals surface area contributed by atoms with Gasteiger partial charge in [0.05, 0.1) is 16.2 Å². The summed E-state index contributed by atoms with van der Waals surface area (Å²) in [6.45, 7) is 2.29. The quantitative estimate of drug-likeness (QED) is 0.802. The predicted octanol–water partition coefficient (Wildman–Crippen LogP) is 3.56. The average Bonchev–Trinajstić information content (AvgIpc) is 3.37. The number of nitrogens with zero attached hydrogens (tertiary/aromatic N) is 2. The highest BCUT2D eigenvalue weighted by Gasteiger charge is 2.47. The first-order chi connectivity index (χ1) is 12.2. The number of likely N-dealkylation sites (tertiary alicyclic amines) is 1. The number of carbonyl (C=O) groups excluding carboxylic acids is 2. The third-order valence-corrected chi connectivity index (χ3v) is 8.24. The second kappa shape index (κ2) is 7.13. The van der Waals surface area contributed by atoms with Crippen LogP contribution in [-0.2, 0) is 11.2 Å². The molecule has 25 heavy (non-hydrogen) atoms. The molecule has 2 fully saturated rings. The highest BCUT2D eigenvalue weighted by atomic mass is 32.2. The van der Waals surface area contributed by atoms with Crippen molar-refractivity contribution in [2.45, 2.75) is 24.1 Å². The summed E-state index contributed by atoms with van der Waals surface area (Å²) in [4.78, 5) is 31.2. The van der Waals surface area contributed by atoms with Crippen molar-refractivity contribution in [3.05, 3.63) is 44.8 Å². The van der Waals surface area contributed by atoms with Gasteiger partial charge in [-0.1, -0.05) is 12.1 Å². The number of piperidine rings is 1. The Morgan fingerprint density at radius 2 is 1.80 bits per heavy atom. The highest BCUT2D eigenvalue weighted by Crippen LogP contribution is 2.44. The van der Waals surface area contributed by atoms with E-state index in [0.29, 0.717) is 6.42 Å². The lowest BCUT2D eigenvalue weighted by atomic mass is 10.0. The molecule has 0 saturated carbocycles. The molecule has 7 heteroatoms. The van der Waals surface area contributed by atoms with Crippen LogP contribution in [0.4, 0.5) is 0 Å². The van der Waals surface area contributed by atoms with Crippen LogP contribution in [0, 0.1) is 0 Å². The van der Waals surface area contributed by atoms with E-state index in [1.165, 1.54) is 11.3 Å². The molecule has 4 nitrogen and oxygen atoms in total. The van der Waals surface area contributed by atoms with Gasteiger partial charge in [0, 0.05) is 30.3 Å². The molecule has 1 spiro atoms. The van der Waals surface area contributed by atoms with Crippen molar-refractivity contribution >= 4 is 46.2 Å². The minimum absolute atomic E-state index is 0.124. The molecule has 0 aromatic carbocycles. The molecule has 2 aliphatic rings. The van der Waals surface area contributed by atoms with E-state index < -0.39 is 0 Å². The largest absolute Gasteiger partial charge is 0.342 e. The van der Waals surface area contributed by atoms with Crippen LogP contribution in [0.3, 0.4) is 0 Å². The number of thioether (sulfide) groups is 1. The molecular weight excluding hydrogens is 372 g/mol. The van der Waals surface area contributed by atoms with Crippen LogP contribution in [0.25, 0.3) is 0 Å². The summed E-state index contributed by atoms with van der Waals surface area (Å²) >= 11 is 5.03. The normalized spacial score (nSPS) is 19.5. The van der Waals surface area contributed by atoms with E-state index in [2.05, 4.69) is 4.90 Å². The van der Waals surface area contributed by atoms with Gasteiger partial charge in [0.1, 0.15) is 0 Å². The Morgan fingerprint density at radius 1 is 1.04 bits per heavy atom. The zero-order valence-corrected chi connectivity index (χ0v) is 16.3. The molecule has 0 unspecified atom stereocenters. The first kappa shape index (κ1) is 17.1. The Hall–Kier alpha value is -1.31. The standard InChI is InChI=1S/C18H20N2O2S3/c21-16(13-14-3-1-10-23-14)19-7-5-18(6-8-19)20(9-12-25-18)17(22)15-4-2-11-24-15/h1-4,10-11H,5-9,12-13H2. The lowest BCUT2D eigenvalue weighted by Gasteiger charge is -2.44. The van der Waals surface area contributed by atoms with Crippen molar-refractivity contribution in [3.8, 4) is 0 Å². The monoisotopic (exact) mass is 392 g/mol. The van der Waals surface area contributed by atoms with Crippen molar-refractivity contribution in [2.24, 2.45) is 0 Å². The van der Waals surface area contributed by atoms with E-state index >= 15 is 0 Å². The second-order valence-electron chi connectivity index (χ2n) is 6.37. The maximum absolute atomic E-state index is 12.9. The summed E-state index contributed by atoms with van der Waals surface area (Å²) in [5.41, 5.74) is 0. The van der Waals surface area contributed by atoms with E-state index in [9.17, 15) is 9.59 Å². The lowest BCUT2D eigenvalue weighted by Crippen LogP contribution is -2.53. The van der Waals surface area contributed by atoms with Gasteiger partial charge in [0.25, 0.3) is 5.91 Å². The second-order valence-corrected chi connectivity index (χ2v) is 9.80. The van der Waals surface area contributed by atoms with E-state index in [-0.39, 0.29) is 16.7 Å². The molecule has 2 aromatic rings. The van der Waals surface area contributed by atoms with Crippen molar-refractivity contribution < 1.29 is 9.59 Å². The van der Waals surface area contributed by atoms with Crippen LogP contribution in [0.5, 0.6) is 0 Å². The molecule has 2 aromatic heterocycles. The highest BCUT2D eigenvalue weighted by molar-refractivity contribution is 8.00. The average molecular weight is 393 g/mol. The van der Waals surface area contributed by atoms with E-state index in [0.717, 1.165) is 48.0 Å². The van der Waals surface area contributed by atoms with Crippen LogP contribution in [0.15, 0.2) is 35.0 Å². The van der Waals surface area contributed by atoms with E-state index in [1.54, 1.807) is 11.3 Å². The van der Waals surface area contributed by atoms with Crippen LogP contribution in [0.1, 0.15) is 27.4 Å². The van der Waals surface area contributed by atoms with Crippen molar-refractivity contribution in [2.75, 3.05) is 25.4 Å². The smallest absolute Gasteiger partial charge is 0.265 e. The number of rotatable bonds is 3. The molecule has 2 saturated heterocycles. The molecular formula is C18H20N2O2S3. The number of amides is 2. The topological polar surface area (TPSA) is 40.6 Å². The first-order valence-corrected chi connectivity index (χ1v) is 11.2. The van der Waals surface area contributed by atoms with Crippen LogP contribution in [0.2, 0.25) is 0 Å². The third-order valence-electron chi connectivity index (χ3n) is 4.96. The van der Waals surface area contributed by atoms with Crippen molar-refractivity contribution in [1.29, 1.82) is 0 Å². The molecule has 0 N–H and O–H groups in total. The van der Waals surface area contributed by atoms with Crippen LogP contribution in [-0.4, -0.2) is 51.9 Å². The van der Waals surface area contributed by atoms with E-state index in [4.69, 9.17) is 0 Å². The molecule has 0 atom stereocenters. The van der Waals surface area contributed by atoms with Crippen LogP contribution < -0.4 is 0 Å². The van der Waals surface area contributed by atoms with Crippen LogP contribution >= 0.6 is 34.4 Å². The maximum Gasteiger partial charge on any atom is 0.265 e. The molecule has 2 amide bonds. The zero-order valence-electron chi connectivity index (χ0n) is 13.8. The lowest BCUT2D eigenvalue weighted by molar-refractivity contribution is -0.132. The van der Waals surface area contributed by atoms with Gasteiger partial charge in [-0.15, -0.1) is 34.4 Å². The van der Waals surface area contributed by atoms with Gasteiger partial charge >= 0.3 is 0 Å². The summed E-state index contributed by atoms with van der Waals surface area (Å²) in [5, 5.41) is 3.96. The molecule has 0 bridgehead atoms. The fourth-order valence-electron chi connectivity index (χ4n) is 3.62. The molecule has 132 valence electrons. The molecule has 4 heterocycles. The summed E-state index contributed by atoms with van der Waals surface area (Å²) < 4.78 is 0. The minimum atomic E-state index is -0.124. The van der Waals surface area contributed by atoms with Gasteiger partial charge in [-0.3, -0.25) is 9.59 Å². The number of carbonyl (C=O) groups is 2. The van der Waals surface area contributed by atoms with Crippen molar-refractivity contribution in [1.82, 2.24) is 9.80 Å². The summed E-state index contributed by atoms with van der Waals surface area (Å²) in [6.07, 6.45) is 2.23. The van der Waals surface area contributed by atoms with E-state index in [1.807, 2.05) is 51.7 Å². The summed E-state index contributed by atoms with van der Waals surface area (Å²) in [5.74, 6) is 1.34. The number of hydrogen-bond acceptors (Lipinski definition) is 5. The van der Waals surface area contributed by atoms with Gasteiger partial charge < -0.3 is 9.80 Å². The van der Waals surface area contributed by atoms with Crippen molar-refractivity contribution in [3.63, 3.8) is 0 Å². The fraction of sp³-hybridized carbons (Fsp3) is 0.444. The SMILES string of the molecule is O=C(Cc1cccs1)N1CCC2(CC1)SCCN2C(=O)c1cccs1. The van der Waals surface area contributed by atoms with Gasteiger partial charge in [0.2, 0.25) is 5.91 Å². The Kier molecular flexibility index (Phi) is 4.88. The third kappa shape index (κ3) is 3.37. The predicted molar refractivity (Wildman–Crippen MR) is 104 cm³/mol. The Balaban J connectivity index is 1.41. The zero-order chi connectivity index (χ0) is 17.3. The summed E-state index contributed by atoms with van der Waals surface area (Å²) in [6, 6.07) is 7.84. The number of hydrogen-bond donors (Lipinski definition) is 0. The maximum atomic E-state index is 12.9. The fourth-order valence-corrected chi connectivity index (χ4v) is 6.45. The van der Waals surface area contributed by atoms with Gasteiger partial charge in [-0.05, 0) is 35.7 Å². The van der Waals surface area contributed by atoms with Gasteiger partial charge in [-0.25, -0.2) is 0 Å².